The fraction of sp³-hybridized carbons (Fsp3) is 0.600. The smallest absolute Gasteiger partial charge is 0.122 e. The first-order valence-corrected chi connectivity index (χ1v) is 6.70. The van der Waals surface area contributed by atoms with E-state index in [-0.39, 0.29) is 6.10 Å². The van der Waals surface area contributed by atoms with E-state index in [4.69, 9.17) is 9.47 Å². The second-order valence-corrected chi connectivity index (χ2v) is 5.00. The molecule has 1 heterocycles. The molecule has 18 heavy (non-hydrogen) atoms. The number of aryl methyl sites for hydroxylation is 1. The van der Waals surface area contributed by atoms with E-state index in [1.165, 1.54) is 12.8 Å². The van der Waals surface area contributed by atoms with Gasteiger partial charge in [-0.15, -0.1) is 0 Å². The summed E-state index contributed by atoms with van der Waals surface area (Å²) in [5.74, 6) is 0.883. The van der Waals surface area contributed by atoms with Gasteiger partial charge in [0.25, 0.3) is 0 Å². The molecule has 0 aliphatic carbocycles. The third kappa shape index (κ3) is 3.47. The van der Waals surface area contributed by atoms with E-state index in [2.05, 4.69) is 0 Å². The van der Waals surface area contributed by atoms with E-state index in [9.17, 15) is 5.11 Å². The van der Waals surface area contributed by atoms with Crippen molar-refractivity contribution in [2.45, 2.75) is 45.3 Å². The number of ether oxygens (including phenoxy) is 2. The fourth-order valence-corrected chi connectivity index (χ4v) is 2.22. The molecule has 2 atom stereocenters. The Kier molecular flexibility index (Phi) is 4.61. The van der Waals surface area contributed by atoms with Crippen LogP contribution in [0.2, 0.25) is 0 Å². The highest BCUT2D eigenvalue weighted by Crippen LogP contribution is 2.23. The molecule has 0 spiro atoms. The van der Waals surface area contributed by atoms with Gasteiger partial charge >= 0.3 is 0 Å². The van der Waals surface area contributed by atoms with Crippen molar-refractivity contribution in [2.24, 2.45) is 0 Å². The molecule has 0 radical (unpaired) electrons. The molecule has 3 heteroatoms. The molecule has 0 saturated carbocycles. The Balaban J connectivity index is 1.92. The average Bonchev–Trinajstić information content (AvgIpc) is 2.38. The summed E-state index contributed by atoms with van der Waals surface area (Å²) in [5.41, 5.74) is 1.98. The molecule has 1 aliphatic heterocycles. The Hall–Kier alpha value is -1.06. The number of rotatable bonds is 4. The van der Waals surface area contributed by atoms with Gasteiger partial charge in [-0.1, -0.05) is 6.07 Å². The maximum atomic E-state index is 9.51. The predicted molar refractivity (Wildman–Crippen MR) is 70.9 cm³/mol. The first kappa shape index (κ1) is 13.4. The molecule has 2 rings (SSSR count). The second kappa shape index (κ2) is 6.21. The monoisotopic (exact) mass is 250 g/mol. The number of hydrogen-bond acceptors (Lipinski definition) is 3. The van der Waals surface area contributed by atoms with Crippen molar-refractivity contribution < 1.29 is 14.6 Å². The van der Waals surface area contributed by atoms with Crippen LogP contribution in [0.15, 0.2) is 18.2 Å². The van der Waals surface area contributed by atoms with Gasteiger partial charge in [0.2, 0.25) is 0 Å². The van der Waals surface area contributed by atoms with Crippen LogP contribution in [0.3, 0.4) is 0 Å². The van der Waals surface area contributed by atoms with Gasteiger partial charge in [-0.05, 0) is 56.4 Å². The van der Waals surface area contributed by atoms with E-state index < -0.39 is 6.10 Å². The topological polar surface area (TPSA) is 38.7 Å². The van der Waals surface area contributed by atoms with Crippen LogP contribution in [0.25, 0.3) is 0 Å². The highest BCUT2D eigenvalue weighted by Gasteiger charge is 2.15. The Morgan fingerprint density at radius 1 is 1.44 bits per heavy atom. The van der Waals surface area contributed by atoms with Crippen LogP contribution in [0.4, 0.5) is 0 Å². The quantitative estimate of drug-likeness (QED) is 0.892. The normalized spacial score (nSPS) is 21.6. The van der Waals surface area contributed by atoms with Gasteiger partial charge in [0.1, 0.15) is 12.4 Å². The third-order valence-corrected chi connectivity index (χ3v) is 3.38. The lowest BCUT2D eigenvalue weighted by atomic mass is 10.1. The van der Waals surface area contributed by atoms with Gasteiger partial charge in [0.05, 0.1) is 12.2 Å². The maximum Gasteiger partial charge on any atom is 0.122 e. The molecule has 1 fully saturated rings. The minimum Gasteiger partial charge on any atom is -0.491 e. The highest BCUT2D eigenvalue weighted by molar-refractivity contribution is 5.36. The van der Waals surface area contributed by atoms with Gasteiger partial charge in [-0.25, -0.2) is 0 Å². The van der Waals surface area contributed by atoms with E-state index in [0.717, 1.165) is 29.9 Å². The lowest BCUT2D eigenvalue weighted by molar-refractivity contribution is -0.0112. The second-order valence-electron chi connectivity index (χ2n) is 5.00. The lowest BCUT2D eigenvalue weighted by Gasteiger charge is -2.23. The van der Waals surface area contributed by atoms with Gasteiger partial charge in [0, 0.05) is 6.61 Å². The van der Waals surface area contributed by atoms with Crippen molar-refractivity contribution in [1.82, 2.24) is 0 Å². The third-order valence-electron chi connectivity index (χ3n) is 3.38. The Labute approximate surface area is 109 Å². The van der Waals surface area contributed by atoms with Gasteiger partial charge in [0.15, 0.2) is 0 Å². The molecular weight excluding hydrogens is 228 g/mol. The molecule has 1 aliphatic rings. The van der Waals surface area contributed by atoms with Crippen LogP contribution in [0, 0.1) is 6.92 Å². The number of aliphatic hydroxyl groups is 1. The van der Waals surface area contributed by atoms with E-state index in [0.29, 0.717) is 6.61 Å². The molecule has 0 aromatic heterocycles. The fourth-order valence-electron chi connectivity index (χ4n) is 2.22. The Morgan fingerprint density at radius 3 is 2.89 bits per heavy atom. The molecule has 1 aromatic carbocycles. The molecule has 100 valence electrons. The van der Waals surface area contributed by atoms with Crippen molar-refractivity contribution in [2.75, 3.05) is 13.2 Å². The summed E-state index contributed by atoms with van der Waals surface area (Å²) >= 11 is 0. The van der Waals surface area contributed by atoms with Crippen molar-refractivity contribution >= 4 is 0 Å². The van der Waals surface area contributed by atoms with Crippen molar-refractivity contribution in [3.8, 4) is 5.75 Å². The summed E-state index contributed by atoms with van der Waals surface area (Å²) < 4.78 is 11.4. The van der Waals surface area contributed by atoms with Gasteiger partial charge < -0.3 is 14.6 Å². The number of benzene rings is 1. The van der Waals surface area contributed by atoms with Crippen LogP contribution < -0.4 is 4.74 Å². The minimum atomic E-state index is -0.431. The minimum absolute atomic E-state index is 0.231. The molecule has 0 bridgehead atoms. The van der Waals surface area contributed by atoms with Crippen molar-refractivity contribution in [3.63, 3.8) is 0 Å². The van der Waals surface area contributed by atoms with Crippen LogP contribution in [0.5, 0.6) is 5.75 Å². The zero-order chi connectivity index (χ0) is 13.0. The predicted octanol–water partition coefficient (Wildman–Crippen LogP) is 3.00. The molecule has 1 unspecified atom stereocenters. The summed E-state index contributed by atoms with van der Waals surface area (Å²) in [6, 6.07) is 5.82. The molecule has 1 N–H and O–H groups in total. The molecular formula is C15H22O3. The molecule has 0 amide bonds. The summed E-state index contributed by atoms with van der Waals surface area (Å²) in [5, 5.41) is 9.51. The van der Waals surface area contributed by atoms with Crippen LogP contribution >= 0.6 is 0 Å². The zero-order valence-corrected chi connectivity index (χ0v) is 11.2. The van der Waals surface area contributed by atoms with Gasteiger partial charge in [-0.3, -0.25) is 0 Å². The largest absolute Gasteiger partial charge is 0.491 e. The average molecular weight is 250 g/mol. The Bertz CT molecular complexity index is 381. The summed E-state index contributed by atoms with van der Waals surface area (Å²) in [7, 11) is 0. The van der Waals surface area contributed by atoms with Crippen molar-refractivity contribution in [1.29, 1.82) is 0 Å². The van der Waals surface area contributed by atoms with Crippen molar-refractivity contribution in [3.05, 3.63) is 29.3 Å². The first-order valence-electron chi connectivity index (χ1n) is 6.70. The molecule has 1 aromatic rings. The van der Waals surface area contributed by atoms with Crippen LogP contribution in [-0.2, 0) is 4.74 Å². The van der Waals surface area contributed by atoms with E-state index >= 15 is 0 Å². The first-order chi connectivity index (χ1) is 8.66. The summed E-state index contributed by atoms with van der Waals surface area (Å²) in [6.45, 7) is 5.25. The zero-order valence-electron chi connectivity index (χ0n) is 11.2. The SMILES string of the molecule is Cc1cc([C@H](C)O)ccc1OCC1CCCCO1. The van der Waals surface area contributed by atoms with E-state index in [1.807, 2.05) is 25.1 Å². The van der Waals surface area contributed by atoms with Gasteiger partial charge in [-0.2, -0.15) is 0 Å². The summed E-state index contributed by atoms with van der Waals surface area (Å²) in [6.07, 6.45) is 3.28. The van der Waals surface area contributed by atoms with E-state index in [1.54, 1.807) is 6.92 Å². The lowest BCUT2D eigenvalue weighted by Crippen LogP contribution is -2.25. The Morgan fingerprint density at radius 2 is 2.28 bits per heavy atom. The standard InChI is InChI=1S/C15H22O3/c1-11-9-13(12(2)16)6-7-15(11)18-10-14-5-3-4-8-17-14/h6-7,9,12,14,16H,3-5,8,10H2,1-2H3/t12-,14?/m0/s1. The molecule has 3 nitrogen and oxygen atoms in total. The van der Waals surface area contributed by atoms with Crippen LogP contribution in [0.1, 0.15) is 43.4 Å². The molecule has 1 saturated heterocycles. The maximum absolute atomic E-state index is 9.51. The highest BCUT2D eigenvalue weighted by atomic mass is 16.5. The number of aliphatic hydroxyl groups excluding tert-OH is 1. The number of hydrogen-bond donors (Lipinski definition) is 1. The van der Waals surface area contributed by atoms with Crippen LogP contribution in [-0.4, -0.2) is 24.4 Å². The summed E-state index contributed by atoms with van der Waals surface area (Å²) in [4.78, 5) is 0.